The third-order valence-corrected chi connectivity index (χ3v) is 16.1. The molecule has 0 aliphatic carbocycles. The summed E-state index contributed by atoms with van der Waals surface area (Å²) in [4.78, 5) is 20.9. The van der Waals surface area contributed by atoms with E-state index in [-0.39, 0.29) is 49.2 Å². The first kappa shape index (κ1) is 54.9. The zero-order valence-electron chi connectivity index (χ0n) is 42.9. The monoisotopic (exact) mass is 937 g/mol. The zero-order chi connectivity index (χ0) is 48.9. The molecule has 4 saturated heterocycles. The van der Waals surface area contributed by atoms with Crippen LogP contribution >= 0.6 is 0 Å². The van der Waals surface area contributed by atoms with Crippen LogP contribution < -0.4 is 10.1 Å². The van der Waals surface area contributed by atoms with Gasteiger partial charge in [-0.25, -0.2) is 0 Å². The molecule has 4 fully saturated rings. The van der Waals surface area contributed by atoms with Crippen molar-refractivity contribution in [2.45, 2.75) is 185 Å². The summed E-state index contributed by atoms with van der Waals surface area (Å²) in [5.74, 6) is -1.24. The first-order valence-electron chi connectivity index (χ1n) is 24.6. The number of fused-ring (bicyclic) bond motifs is 2. The minimum Gasteiger partial charge on any atom is -0.496 e. The minimum atomic E-state index is -1.47. The summed E-state index contributed by atoms with van der Waals surface area (Å²) in [5.41, 5.74) is -2.58. The Morgan fingerprint density at radius 3 is 2.30 bits per heavy atom. The van der Waals surface area contributed by atoms with Crippen molar-refractivity contribution in [3.8, 4) is 5.75 Å². The second kappa shape index (κ2) is 23.3. The second-order valence-corrected chi connectivity index (χ2v) is 20.6. The topological polar surface area (TPSA) is 173 Å². The molecule has 0 aromatic heterocycles. The van der Waals surface area contributed by atoms with Gasteiger partial charge in [0.2, 0.25) is 0 Å². The molecule has 5 rings (SSSR count). The minimum absolute atomic E-state index is 0.110. The molecule has 1 aromatic rings. The van der Waals surface area contributed by atoms with Crippen LogP contribution in [0.15, 0.2) is 24.3 Å². The lowest BCUT2D eigenvalue weighted by Gasteiger charge is -2.54. The molecule has 4 aliphatic rings. The van der Waals surface area contributed by atoms with E-state index >= 15 is 0 Å². The number of ether oxygens (including phenoxy) is 8. The molecular formula is C50H88N4O12. The Balaban J connectivity index is 1.43. The van der Waals surface area contributed by atoms with E-state index in [4.69, 9.17) is 37.9 Å². The van der Waals surface area contributed by atoms with Crippen LogP contribution in [0.1, 0.15) is 107 Å². The molecule has 4 heterocycles. The van der Waals surface area contributed by atoms with Gasteiger partial charge < -0.3 is 63.4 Å². The predicted octanol–water partition coefficient (Wildman–Crippen LogP) is 4.22. The van der Waals surface area contributed by atoms with Crippen molar-refractivity contribution >= 4 is 5.97 Å². The molecule has 16 nitrogen and oxygen atoms in total. The largest absolute Gasteiger partial charge is 0.496 e. The molecule has 2 bridgehead atoms. The van der Waals surface area contributed by atoms with Crippen LogP contribution in [0.25, 0.3) is 0 Å². The molecule has 4 aliphatic heterocycles. The summed E-state index contributed by atoms with van der Waals surface area (Å²) in [6.07, 6.45) is -4.95. The summed E-state index contributed by atoms with van der Waals surface area (Å²) in [6.45, 7) is 23.3. The predicted molar refractivity (Wildman–Crippen MR) is 252 cm³/mol. The lowest BCUT2D eigenvalue weighted by Crippen LogP contribution is -2.70. The van der Waals surface area contributed by atoms with Gasteiger partial charge in [-0.05, 0) is 100 Å². The van der Waals surface area contributed by atoms with Crippen molar-refractivity contribution in [2.24, 2.45) is 17.8 Å². The Morgan fingerprint density at radius 2 is 1.67 bits per heavy atom. The number of esters is 1. The normalized spacial score (nSPS) is 42.2. The summed E-state index contributed by atoms with van der Waals surface area (Å²) in [6, 6.07) is 7.74. The van der Waals surface area contributed by atoms with E-state index in [1.807, 2.05) is 92.6 Å². The Bertz CT molecular complexity index is 1680. The molecule has 2 unspecified atom stereocenters. The van der Waals surface area contributed by atoms with Gasteiger partial charge in [0.05, 0.1) is 49.1 Å². The third-order valence-electron chi connectivity index (χ3n) is 16.1. The number of hydrogen-bond donors (Lipinski definition) is 4. The van der Waals surface area contributed by atoms with Crippen LogP contribution in [-0.2, 0) is 38.0 Å². The van der Waals surface area contributed by atoms with Gasteiger partial charge in [-0.15, -0.1) is 0 Å². The van der Waals surface area contributed by atoms with Crippen molar-refractivity contribution in [3.63, 3.8) is 0 Å². The van der Waals surface area contributed by atoms with Crippen molar-refractivity contribution in [3.05, 3.63) is 29.8 Å². The first-order valence-corrected chi connectivity index (χ1v) is 24.6. The van der Waals surface area contributed by atoms with Gasteiger partial charge in [0, 0.05) is 83.0 Å². The van der Waals surface area contributed by atoms with Gasteiger partial charge in [0.1, 0.15) is 29.2 Å². The molecule has 0 radical (unpaired) electrons. The van der Waals surface area contributed by atoms with Crippen molar-refractivity contribution < 1.29 is 58.0 Å². The lowest BCUT2D eigenvalue weighted by molar-refractivity contribution is -0.337. The highest BCUT2D eigenvalue weighted by atomic mass is 16.7. The van der Waals surface area contributed by atoms with E-state index in [1.165, 1.54) is 0 Å². The van der Waals surface area contributed by atoms with E-state index in [0.29, 0.717) is 38.9 Å². The number of carbonyl (C=O) groups excluding carboxylic acids is 1. The van der Waals surface area contributed by atoms with Crippen LogP contribution in [0.2, 0.25) is 0 Å². The van der Waals surface area contributed by atoms with Gasteiger partial charge in [0.25, 0.3) is 0 Å². The van der Waals surface area contributed by atoms with Gasteiger partial charge >= 0.3 is 5.97 Å². The fourth-order valence-corrected chi connectivity index (χ4v) is 11.4. The lowest BCUT2D eigenvalue weighted by atomic mass is 9.75. The highest BCUT2D eigenvalue weighted by Gasteiger charge is 2.58. The highest BCUT2D eigenvalue weighted by molar-refractivity contribution is 5.73. The average molecular weight is 937 g/mol. The zero-order valence-corrected chi connectivity index (χ0v) is 42.9. The summed E-state index contributed by atoms with van der Waals surface area (Å²) in [5, 5.41) is 39.7. The van der Waals surface area contributed by atoms with E-state index in [2.05, 4.69) is 35.0 Å². The Labute approximate surface area is 396 Å². The number of rotatable bonds is 16. The Morgan fingerprint density at radius 1 is 0.970 bits per heavy atom. The van der Waals surface area contributed by atoms with Crippen molar-refractivity contribution in [2.75, 3.05) is 74.7 Å². The quantitative estimate of drug-likeness (QED) is 0.137. The first-order chi connectivity index (χ1) is 31.1. The number of benzene rings is 1. The van der Waals surface area contributed by atoms with Crippen molar-refractivity contribution in [1.82, 2.24) is 20.0 Å². The summed E-state index contributed by atoms with van der Waals surface area (Å²) >= 11 is 0. The number of likely N-dealkylation sites (N-methyl/N-ethyl adjacent to an activating group) is 2. The van der Waals surface area contributed by atoms with Gasteiger partial charge in [-0.3, -0.25) is 14.6 Å². The molecule has 19 atom stereocenters. The molecule has 1 aromatic carbocycles. The Hall–Kier alpha value is -2.03. The summed E-state index contributed by atoms with van der Waals surface area (Å²) in [7, 11) is 8.76. The van der Waals surface area contributed by atoms with Crippen LogP contribution in [0.4, 0.5) is 0 Å². The van der Waals surface area contributed by atoms with E-state index in [9.17, 15) is 20.1 Å². The number of aliphatic hydroxyl groups excluding tert-OH is 2. The molecule has 4 N–H and O–H groups in total. The SMILES string of the molecule is CCN(CCNC[C@@]1(O)[C@H](C)O[C@@H](O[C@H]2[C@H](C)[C@@H](O[C@@H]3O[C@H](C)C[C@H](N(C)C)[C@H]3O)[C@](C)(OC)C[C@@H](C)[C@H](O)[C@H](C)N3CCC(C3)OC(=O)[C@@H]2C)C[C@@]1(C)OC)[C@@H](C)c1ccccc1OC. The van der Waals surface area contributed by atoms with Crippen LogP contribution in [0, 0.1) is 17.8 Å². The summed E-state index contributed by atoms with van der Waals surface area (Å²) < 4.78 is 51.7. The van der Waals surface area contributed by atoms with E-state index < -0.39 is 77.7 Å². The van der Waals surface area contributed by atoms with Crippen LogP contribution in [0.5, 0.6) is 5.75 Å². The molecular weight excluding hydrogens is 849 g/mol. The number of aliphatic hydroxyl groups is 3. The molecule has 0 amide bonds. The maximum Gasteiger partial charge on any atom is 0.311 e. The number of nitrogens with one attached hydrogen (secondary N) is 1. The second-order valence-electron chi connectivity index (χ2n) is 20.6. The maximum atomic E-state index is 14.4. The maximum absolute atomic E-state index is 14.4. The number of para-hydroxylation sites is 1. The standard InChI is InChI=1S/C50H88N4O12/c1-16-53(34(6)38-19-17-18-20-40(38)59-13)24-22-51-29-50(58)36(8)63-41(27-49(50,10)61-15)65-44-32(4)45(66-47-43(56)39(52(11)12)25-31(3)62-47)48(9,60-14)26-30(2)42(55)35(7)54-23-21-37(28-54)64-46(57)33(44)5/h17-20,30-37,39,41-45,47,51,55-56,58H,16,21-29H2,1-15H3/t30-,31-,32+,33-,34+,35+,36+,37?,39+,41+,42+,43-,44+,45-,47+,48-,49-,50-/m1/s1. The molecule has 0 saturated carbocycles. The third kappa shape index (κ3) is 11.9. The number of methoxy groups -OCH3 is 3. The number of carbonyl (C=O) groups is 1. The highest BCUT2D eigenvalue weighted by Crippen LogP contribution is 2.44. The fourth-order valence-electron chi connectivity index (χ4n) is 11.4. The molecule has 380 valence electrons. The molecule has 0 spiro atoms. The Kier molecular flexibility index (Phi) is 19.3. The van der Waals surface area contributed by atoms with Crippen molar-refractivity contribution in [1.29, 1.82) is 0 Å². The van der Waals surface area contributed by atoms with E-state index in [1.54, 1.807) is 21.3 Å². The number of hydrogen-bond acceptors (Lipinski definition) is 16. The molecule has 66 heavy (non-hydrogen) atoms. The van der Waals surface area contributed by atoms with Crippen LogP contribution in [0.3, 0.4) is 0 Å². The average Bonchev–Trinajstić information content (AvgIpc) is 3.76. The van der Waals surface area contributed by atoms with Crippen LogP contribution in [-0.4, -0.2) is 195 Å². The molecule has 16 heteroatoms. The van der Waals surface area contributed by atoms with Gasteiger partial charge in [0.15, 0.2) is 12.6 Å². The van der Waals surface area contributed by atoms with E-state index in [0.717, 1.165) is 24.4 Å². The van der Waals surface area contributed by atoms with Gasteiger partial charge in [-0.1, -0.05) is 39.0 Å². The fraction of sp³-hybridized carbons (Fsp3) is 0.860. The number of nitrogens with zero attached hydrogens (tertiary/aromatic N) is 3. The smallest absolute Gasteiger partial charge is 0.311 e. The van der Waals surface area contributed by atoms with Gasteiger partial charge in [-0.2, -0.15) is 0 Å².